The van der Waals surface area contributed by atoms with Crippen molar-refractivity contribution in [3.05, 3.63) is 107 Å². The first kappa shape index (κ1) is 37.8. The molecule has 0 spiro atoms. The van der Waals surface area contributed by atoms with Crippen molar-refractivity contribution in [1.29, 1.82) is 0 Å². The molecule has 2 aromatic heterocycles. The van der Waals surface area contributed by atoms with Crippen molar-refractivity contribution in [3.63, 3.8) is 0 Å². The minimum Gasteiger partial charge on any atom is -0.344 e. The van der Waals surface area contributed by atoms with Gasteiger partial charge in [0.15, 0.2) is 0 Å². The summed E-state index contributed by atoms with van der Waals surface area (Å²) in [5.41, 5.74) is 2.97. The molecule has 3 aliphatic heterocycles. The summed E-state index contributed by atoms with van der Waals surface area (Å²) in [6.07, 6.45) is 9.33. The second-order valence-electron chi connectivity index (χ2n) is 16.0. The van der Waals surface area contributed by atoms with E-state index in [9.17, 15) is 19.2 Å². The van der Waals surface area contributed by atoms with Gasteiger partial charge >= 0.3 is 0 Å². The molecule has 2 aromatic carbocycles. The van der Waals surface area contributed by atoms with Crippen LogP contribution in [-0.2, 0) is 28.7 Å². The van der Waals surface area contributed by atoms with Crippen molar-refractivity contribution < 1.29 is 28.7 Å². The zero-order valence-corrected chi connectivity index (χ0v) is 32.3. The molecule has 0 bridgehead atoms. The lowest BCUT2D eigenvalue weighted by molar-refractivity contribution is -0.154. The Hall–Kier alpha value is -5.78. The zero-order valence-electron chi connectivity index (χ0n) is 32.3. The SMILES string of the molecule is O=C(N[C@H](C(=O)N1CCC[C@H]1c1ncc(C#CC2OCC(c3cnc([C@@H]4CCCN4C(=O)[C@@H](NC(=O)C4CC4)c4ccccc4)[nH]3)CO2)[nH]1)c1ccccc1)C1CC1. The van der Waals surface area contributed by atoms with Gasteiger partial charge in [0.1, 0.15) is 29.4 Å². The fourth-order valence-electron chi connectivity index (χ4n) is 8.24. The Morgan fingerprint density at radius 3 is 1.69 bits per heavy atom. The first-order valence-corrected chi connectivity index (χ1v) is 20.6. The highest BCUT2D eigenvalue weighted by Gasteiger charge is 2.41. The Kier molecular flexibility index (Phi) is 10.8. The lowest BCUT2D eigenvalue weighted by Crippen LogP contribution is -2.43. The lowest BCUT2D eigenvalue weighted by atomic mass is 10.0. The predicted molar refractivity (Wildman–Crippen MR) is 210 cm³/mol. The standard InChI is InChI=1S/C44H48N8O6/c53-41(29-15-16-29)49-37(27-9-3-1-4-10-27)43(55)51-21-7-13-34(51)39-45-23-32(47-39)19-20-36-57-25-31(26-58-36)33-24-46-40(48-33)35-14-8-22-52(35)44(56)38(28-11-5-2-6-12-28)50-42(54)30-17-18-30/h1-6,9-12,23-24,29-31,34-38H,7-8,13-18,21-22,25-26H2,(H,45,47)(H,46,48)(H,49,53)(H,50,54)/t31?,34-,35-,36?,37-,38-/m0/s1. The zero-order chi connectivity index (χ0) is 39.6. The molecule has 300 valence electrons. The van der Waals surface area contributed by atoms with Crippen LogP contribution in [0, 0.1) is 23.7 Å². The van der Waals surface area contributed by atoms with Crippen molar-refractivity contribution in [2.24, 2.45) is 11.8 Å². The van der Waals surface area contributed by atoms with E-state index in [1.807, 2.05) is 70.5 Å². The highest BCUT2D eigenvalue weighted by Crippen LogP contribution is 2.37. The summed E-state index contributed by atoms with van der Waals surface area (Å²) in [6, 6.07) is 16.8. The number of rotatable bonds is 11. The van der Waals surface area contributed by atoms with Crippen LogP contribution in [0.2, 0.25) is 0 Å². The maximum absolute atomic E-state index is 14.0. The number of nitrogens with one attached hydrogen (secondary N) is 4. The number of hydrogen-bond acceptors (Lipinski definition) is 8. The van der Waals surface area contributed by atoms with Crippen molar-refractivity contribution in [2.75, 3.05) is 26.3 Å². The topological polar surface area (TPSA) is 175 Å². The Morgan fingerprint density at radius 2 is 1.17 bits per heavy atom. The minimum atomic E-state index is -0.756. The molecule has 58 heavy (non-hydrogen) atoms. The number of nitrogens with zero attached hydrogens (tertiary/aromatic N) is 4. The Morgan fingerprint density at radius 1 is 0.672 bits per heavy atom. The van der Waals surface area contributed by atoms with Gasteiger partial charge in [-0.15, -0.1) is 0 Å². The number of aromatic nitrogens is 4. The molecule has 4 amide bonds. The summed E-state index contributed by atoms with van der Waals surface area (Å²) in [6.45, 7) is 1.89. The van der Waals surface area contributed by atoms with E-state index in [1.165, 1.54) is 0 Å². The normalized spacial score (nSPS) is 24.1. The molecule has 5 aliphatic rings. The van der Waals surface area contributed by atoms with E-state index in [4.69, 9.17) is 14.5 Å². The van der Waals surface area contributed by atoms with Gasteiger partial charge in [0, 0.05) is 42.7 Å². The third-order valence-electron chi connectivity index (χ3n) is 11.8. The maximum atomic E-state index is 14.0. The molecule has 2 aliphatic carbocycles. The van der Waals surface area contributed by atoms with Crippen LogP contribution in [0.25, 0.3) is 0 Å². The summed E-state index contributed by atoms with van der Waals surface area (Å²) in [5.74, 6) is 6.96. The summed E-state index contributed by atoms with van der Waals surface area (Å²) in [5, 5.41) is 6.04. The number of aromatic amines is 2. The van der Waals surface area contributed by atoms with Crippen LogP contribution in [0.15, 0.2) is 73.1 Å². The molecule has 3 saturated heterocycles. The summed E-state index contributed by atoms with van der Waals surface area (Å²) in [7, 11) is 0. The number of benzene rings is 2. The van der Waals surface area contributed by atoms with Crippen molar-refractivity contribution in [2.45, 2.75) is 87.7 Å². The van der Waals surface area contributed by atoms with Crippen LogP contribution in [0.3, 0.4) is 0 Å². The van der Waals surface area contributed by atoms with Crippen LogP contribution >= 0.6 is 0 Å². The molecular formula is C44H48N8O6. The Balaban J connectivity index is 0.806. The molecular weight excluding hydrogens is 737 g/mol. The fraction of sp³-hybridized carbons (Fsp3) is 0.455. The molecule has 2 saturated carbocycles. The van der Waals surface area contributed by atoms with E-state index in [0.717, 1.165) is 68.2 Å². The molecule has 4 aromatic rings. The number of carbonyl (C=O) groups is 4. The molecule has 4 N–H and O–H groups in total. The maximum Gasteiger partial charge on any atom is 0.250 e. The number of likely N-dealkylation sites (tertiary alicyclic amines) is 2. The summed E-state index contributed by atoms with van der Waals surface area (Å²) < 4.78 is 12.0. The van der Waals surface area contributed by atoms with E-state index in [-0.39, 0.29) is 53.5 Å². The van der Waals surface area contributed by atoms with E-state index in [2.05, 4.69) is 37.4 Å². The van der Waals surface area contributed by atoms with Gasteiger partial charge < -0.3 is 39.9 Å². The summed E-state index contributed by atoms with van der Waals surface area (Å²) >= 11 is 0. The number of ether oxygens (including phenoxy) is 2. The highest BCUT2D eigenvalue weighted by molar-refractivity contribution is 5.91. The van der Waals surface area contributed by atoms with Gasteiger partial charge in [-0.2, -0.15) is 0 Å². The van der Waals surface area contributed by atoms with E-state index in [1.54, 1.807) is 12.4 Å². The smallest absolute Gasteiger partial charge is 0.250 e. The molecule has 14 heteroatoms. The van der Waals surface area contributed by atoms with Gasteiger partial charge in [-0.3, -0.25) is 19.2 Å². The van der Waals surface area contributed by atoms with E-state index in [0.29, 0.717) is 43.6 Å². The third kappa shape index (κ3) is 8.28. The van der Waals surface area contributed by atoms with Gasteiger partial charge in [-0.25, -0.2) is 9.97 Å². The van der Waals surface area contributed by atoms with Crippen LogP contribution < -0.4 is 10.6 Å². The lowest BCUT2D eigenvalue weighted by Gasteiger charge is -2.29. The van der Waals surface area contributed by atoms with Crippen LogP contribution in [0.1, 0.15) is 116 Å². The molecule has 4 atom stereocenters. The molecule has 0 radical (unpaired) electrons. The van der Waals surface area contributed by atoms with Gasteiger partial charge in [-0.1, -0.05) is 60.7 Å². The second kappa shape index (κ2) is 16.6. The van der Waals surface area contributed by atoms with Crippen molar-refractivity contribution in [3.8, 4) is 11.8 Å². The molecule has 0 unspecified atom stereocenters. The van der Waals surface area contributed by atoms with Crippen LogP contribution in [-0.4, -0.2) is 86.0 Å². The van der Waals surface area contributed by atoms with Crippen molar-refractivity contribution >= 4 is 23.6 Å². The highest BCUT2D eigenvalue weighted by atomic mass is 16.7. The number of carbonyl (C=O) groups excluding carboxylic acids is 4. The largest absolute Gasteiger partial charge is 0.344 e. The van der Waals surface area contributed by atoms with Gasteiger partial charge in [0.2, 0.25) is 29.9 Å². The van der Waals surface area contributed by atoms with Gasteiger partial charge in [-0.05, 0) is 74.3 Å². The molecule has 5 fully saturated rings. The third-order valence-corrected chi connectivity index (χ3v) is 11.8. The first-order valence-electron chi connectivity index (χ1n) is 20.6. The molecule has 14 nitrogen and oxygen atoms in total. The molecule has 5 heterocycles. The van der Waals surface area contributed by atoms with Gasteiger partial charge in [0.25, 0.3) is 0 Å². The monoisotopic (exact) mass is 784 g/mol. The van der Waals surface area contributed by atoms with Crippen LogP contribution in [0.4, 0.5) is 0 Å². The van der Waals surface area contributed by atoms with Crippen molar-refractivity contribution in [1.82, 2.24) is 40.4 Å². The van der Waals surface area contributed by atoms with Gasteiger partial charge in [0.05, 0.1) is 31.5 Å². The average molecular weight is 785 g/mol. The fourth-order valence-corrected chi connectivity index (χ4v) is 8.24. The quantitative estimate of drug-likeness (QED) is 0.161. The number of hydrogen-bond donors (Lipinski definition) is 4. The van der Waals surface area contributed by atoms with Crippen LogP contribution in [0.5, 0.6) is 0 Å². The second-order valence-corrected chi connectivity index (χ2v) is 16.0. The Labute approximate surface area is 336 Å². The summed E-state index contributed by atoms with van der Waals surface area (Å²) in [4.78, 5) is 73.3. The predicted octanol–water partition coefficient (Wildman–Crippen LogP) is 4.50. The average Bonchev–Trinajstić information content (AvgIpc) is 4.03. The number of H-pyrrole nitrogens is 2. The number of amides is 4. The molecule has 9 rings (SSSR count). The van der Waals surface area contributed by atoms with E-state index >= 15 is 0 Å². The minimum absolute atomic E-state index is 0.00967. The number of imidazole rings is 2. The van der Waals surface area contributed by atoms with E-state index < -0.39 is 18.4 Å². The Bertz CT molecular complexity index is 2180. The first-order chi connectivity index (χ1) is 28.4.